The predicted octanol–water partition coefficient (Wildman–Crippen LogP) is 2.55. The normalized spacial score (nSPS) is 15.4. The van der Waals surface area contributed by atoms with E-state index in [9.17, 15) is 17.4 Å². The maximum Gasteiger partial charge on any atom is 0.393 e. The Balaban J connectivity index is 2.91. The molecule has 18 heavy (non-hydrogen) atoms. The summed E-state index contributed by atoms with van der Waals surface area (Å²) in [6, 6.07) is 5.25. The van der Waals surface area contributed by atoms with Crippen LogP contribution in [0.1, 0.15) is 11.1 Å². The van der Waals surface area contributed by atoms with Crippen molar-refractivity contribution in [3.05, 3.63) is 29.3 Å². The molecule has 0 radical (unpaired) electrons. The first-order valence-electron chi connectivity index (χ1n) is 5.48. The third-order valence-corrected chi connectivity index (χ3v) is 4.32. The zero-order valence-electron chi connectivity index (χ0n) is 10.3. The smallest absolute Gasteiger partial charge is 0.330 e. The lowest BCUT2D eigenvalue weighted by Crippen LogP contribution is -2.34. The van der Waals surface area contributed by atoms with Gasteiger partial charge in [0.25, 0.3) is 0 Å². The van der Waals surface area contributed by atoms with E-state index >= 15 is 0 Å². The Morgan fingerprint density at radius 2 is 1.94 bits per heavy atom. The first kappa shape index (κ1) is 15.2. The summed E-state index contributed by atoms with van der Waals surface area (Å²) < 4.78 is 49.7. The van der Waals surface area contributed by atoms with Crippen LogP contribution in [0.15, 0.2) is 23.1 Å². The molecular weight excluding hydrogens is 263 g/mol. The van der Waals surface area contributed by atoms with Crippen LogP contribution in [0.4, 0.5) is 13.2 Å². The van der Waals surface area contributed by atoms with Crippen LogP contribution in [0, 0.1) is 19.8 Å². The fraction of sp³-hybridized carbons (Fsp3) is 0.500. The average Bonchev–Trinajstić information content (AvgIpc) is 2.27. The molecule has 2 atom stereocenters. The molecule has 0 spiro atoms. The summed E-state index contributed by atoms with van der Waals surface area (Å²) >= 11 is 0. The van der Waals surface area contributed by atoms with E-state index in [1.165, 1.54) is 0 Å². The molecule has 1 aromatic carbocycles. The third-order valence-electron chi connectivity index (χ3n) is 2.69. The summed E-state index contributed by atoms with van der Waals surface area (Å²) in [5.41, 5.74) is 6.71. The van der Waals surface area contributed by atoms with Crippen molar-refractivity contribution in [3.8, 4) is 0 Å². The second kappa shape index (κ2) is 5.84. The number of nitrogens with two attached hydrogens (primary N) is 1. The van der Waals surface area contributed by atoms with Gasteiger partial charge in [0.1, 0.15) is 0 Å². The summed E-state index contributed by atoms with van der Waals surface area (Å²) in [7, 11) is -1.68. The van der Waals surface area contributed by atoms with Crippen molar-refractivity contribution in [3.63, 3.8) is 0 Å². The van der Waals surface area contributed by atoms with Gasteiger partial charge in [-0.2, -0.15) is 13.2 Å². The number of alkyl halides is 3. The van der Waals surface area contributed by atoms with Gasteiger partial charge in [-0.05, 0) is 31.0 Å². The van der Waals surface area contributed by atoms with Gasteiger partial charge in [0.15, 0.2) is 0 Å². The summed E-state index contributed by atoms with van der Waals surface area (Å²) in [4.78, 5) is 0.456. The van der Waals surface area contributed by atoms with E-state index in [0.29, 0.717) is 4.90 Å². The minimum atomic E-state index is -4.40. The van der Waals surface area contributed by atoms with E-state index < -0.39 is 35.2 Å². The molecule has 0 fully saturated rings. The highest BCUT2D eigenvalue weighted by molar-refractivity contribution is 7.85. The SMILES string of the molecule is Cc1ccc(C)c(S(=O)CC(CN)C(F)(F)F)c1. The van der Waals surface area contributed by atoms with Crippen molar-refractivity contribution in [2.24, 2.45) is 11.7 Å². The molecule has 0 saturated heterocycles. The van der Waals surface area contributed by atoms with Crippen LogP contribution in [0.2, 0.25) is 0 Å². The monoisotopic (exact) mass is 279 g/mol. The highest BCUT2D eigenvalue weighted by Gasteiger charge is 2.39. The molecule has 0 amide bonds. The highest BCUT2D eigenvalue weighted by atomic mass is 32.2. The molecule has 0 aromatic heterocycles. The second-order valence-corrected chi connectivity index (χ2v) is 5.72. The first-order chi connectivity index (χ1) is 8.25. The second-order valence-electron chi connectivity index (χ2n) is 4.26. The maximum absolute atomic E-state index is 12.6. The summed E-state index contributed by atoms with van der Waals surface area (Å²) in [5, 5.41) is 0. The van der Waals surface area contributed by atoms with Crippen molar-refractivity contribution in [1.29, 1.82) is 0 Å². The molecule has 2 N–H and O–H groups in total. The molecule has 102 valence electrons. The number of rotatable bonds is 4. The van der Waals surface area contributed by atoms with Crippen LogP contribution in [-0.2, 0) is 10.8 Å². The van der Waals surface area contributed by atoms with Crippen LogP contribution in [0.25, 0.3) is 0 Å². The summed E-state index contributed by atoms with van der Waals surface area (Å²) in [5.74, 6) is -2.21. The standard InChI is InChI=1S/C12H16F3NOS/c1-8-3-4-9(2)11(5-8)18(17)7-10(6-16)12(13,14)15/h3-5,10H,6-7,16H2,1-2H3. The number of hydrogen-bond donors (Lipinski definition) is 1. The molecule has 0 saturated carbocycles. The molecule has 2 unspecified atom stereocenters. The van der Waals surface area contributed by atoms with Gasteiger partial charge >= 0.3 is 6.18 Å². The van der Waals surface area contributed by atoms with Gasteiger partial charge in [-0.25, -0.2) is 0 Å². The molecule has 6 heteroatoms. The molecule has 0 bridgehead atoms. The number of hydrogen-bond acceptors (Lipinski definition) is 2. The topological polar surface area (TPSA) is 43.1 Å². The average molecular weight is 279 g/mol. The third kappa shape index (κ3) is 3.81. The van der Waals surface area contributed by atoms with Gasteiger partial charge in [-0.1, -0.05) is 12.1 Å². The summed E-state index contributed by atoms with van der Waals surface area (Å²) in [6.07, 6.45) is -4.40. The number of benzene rings is 1. The van der Waals surface area contributed by atoms with Crippen molar-refractivity contribution in [1.82, 2.24) is 0 Å². The van der Waals surface area contributed by atoms with E-state index in [0.717, 1.165) is 11.1 Å². The molecular formula is C12H16F3NOS. The predicted molar refractivity (Wildman–Crippen MR) is 65.8 cm³/mol. The van der Waals surface area contributed by atoms with Crippen LogP contribution in [-0.4, -0.2) is 22.7 Å². The largest absolute Gasteiger partial charge is 0.393 e. The fourth-order valence-corrected chi connectivity index (χ4v) is 3.14. The zero-order chi connectivity index (χ0) is 13.9. The Hall–Kier alpha value is -0.880. The van der Waals surface area contributed by atoms with E-state index in [4.69, 9.17) is 5.73 Å². The van der Waals surface area contributed by atoms with E-state index in [-0.39, 0.29) is 0 Å². The molecule has 2 nitrogen and oxygen atoms in total. The Morgan fingerprint density at radius 3 is 2.44 bits per heavy atom. The summed E-state index contributed by atoms with van der Waals surface area (Å²) in [6.45, 7) is 3.00. The van der Waals surface area contributed by atoms with Gasteiger partial charge < -0.3 is 5.73 Å². The number of halogens is 3. The van der Waals surface area contributed by atoms with E-state index in [2.05, 4.69) is 0 Å². The van der Waals surface area contributed by atoms with Crippen molar-refractivity contribution < 1.29 is 17.4 Å². The zero-order valence-corrected chi connectivity index (χ0v) is 11.1. The lowest BCUT2D eigenvalue weighted by Gasteiger charge is -2.18. The van der Waals surface area contributed by atoms with Crippen LogP contribution < -0.4 is 5.73 Å². The molecule has 0 aliphatic rings. The van der Waals surface area contributed by atoms with Gasteiger partial charge in [-0.15, -0.1) is 0 Å². The Labute approximate surface area is 107 Å². The number of aryl methyl sites for hydroxylation is 2. The van der Waals surface area contributed by atoms with Crippen LogP contribution in [0.5, 0.6) is 0 Å². The van der Waals surface area contributed by atoms with Gasteiger partial charge in [-0.3, -0.25) is 4.21 Å². The molecule has 0 aliphatic carbocycles. The van der Waals surface area contributed by atoms with Gasteiger partial charge in [0.05, 0.1) is 16.7 Å². The van der Waals surface area contributed by atoms with Crippen LogP contribution >= 0.6 is 0 Å². The fourth-order valence-electron chi connectivity index (χ4n) is 1.52. The quantitative estimate of drug-likeness (QED) is 0.920. The minimum Gasteiger partial charge on any atom is -0.330 e. The maximum atomic E-state index is 12.6. The van der Waals surface area contributed by atoms with Crippen molar-refractivity contribution in [2.45, 2.75) is 24.9 Å². The first-order valence-corrected chi connectivity index (χ1v) is 6.80. The van der Waals surface area contributed by atoms with Gasteiger partial charge in [0.2, 0.25) is 0 Å². The Morgan fingerprint density at radius 1 is 1.33 bits per heavy atom. The van der Waals surface area contributed by atoms with E-state index in [1.54, 1.807) is 19.1 Å². The molecule has 0 aliphatic heterocycles. The Kier molecular flexibility index (Phi) is 4.92. The van der Waals surface area contributed by atoms with Crippen LogP contribution in [0.3, 0.4) is 0 Å². The van der Waals surface area contributed by atoms with Crippen molar-refractivity contribution >= 4 is 10.8 Å². The lowest BCUT2D eigenvalue weighted by molar-refractivity contribution is -0.165. The van der Waals surface area contributed by atoms with E-state index in [1.807, 2.05) is 13.0 Å². The minimum absolute atomic E-state index is 0.456. The lowest BCUT2D eigenvalue weighted by atomic mass is 10.2. The highest BCUT2D eigenvalue weighted by Crippen LogP contribution is 2.28. The Bertz CT molecular complexity index is 445. The van der Waals surface area contributed by atoms with Gasteiger partial charge in [0, 0.05) is 17.2 Å². The molecule has 1 aromatic rings. The van der Waals surface area contributed by atoms with Crippen molar-refractivity contribution in [2.75, 3.05) is 12.3 Å². The molecule has 0 heterocycles. The molecule has 1 rings (SSSR count).